The monoisotopic (exact) mass is 325 g/mol. The van der Waals surface area contributed by atoms with Crippen molar-refractivity contribution in [1.29, 1.82) is 0 Å². The summed E-state index contributed by atoms with van der Waals surface area (Å²) < 4.78 is 0. The number of nitrogens with zero attached hydrogens (tertiary/aromatic N) is 3. The zero-order valence-electron chi connectivity index (χ0n) is 16.2. The molecule has 4 nitrogen and oxygen atoms in total. The molecular weight excluding hydrogens is 286 g/mol. The van der Waals surface area contributed by atoms with Gasteiger partial charge in [-0.25, -0.2) is 0 Å². The van der Waals surface area contributed by atoms with E-state index < -0.39 is 0 Å². The van der Waals surface area contributed by atoms with Crippen LogP contribution in [0.15, 0.2) is 0 Å². The number of carbonyl (C=O) groups excluding carboxylic acids is 1. The van der Waals surface area contributed by atoms with Crippen molar-refractivity contribution in [3.63, 3.8) is 0 Å². The Hall–Kier alpha value is -0.450. The Morgan fingerprint density at radius 2 is 1.48 bits per heavy atom. The lowest BCUT2D eigenvalue weighted by Crippen LogP contribution is -2.50. The molecule has 0 spiro atoms. The van der Waals surface area contributed by atoms with E-state index in [1.165, 1.54) is 32.5 Å². The van der Waals surface area contributed by atoms with Crippen LogP contribution in [0, 0.1) is 5.92 Å². The Kier molecular flexibility index (Phi) is 10.00. The molecule has 0 saturated carbocycles. The second-order valence-electron chi connectivity index (χ2n) is 7.04. The van der Waals surface area contributed by atoms with E-state index in [4.69, 9.17) is 0 Å². The van der Waals surface area contributed by atoms with E-state index in [0.717, 1.165) is 32.1 Å². The van der Waals surface area contributed by atoms with Crippen LogP contribution in [0.5, 0.6) is 0 Å². The van der Waals surface area contributed by atoms with Crippen molar-refractivity contribution >= 4 is 5.78 Å². The van der Waals surface area contributed by atoms with Gasteiger partial charge in [-0.3, -0.25) is 9.69 Å². The standard InChI is InChI=1S/C17H33N3O.C2H6/c1-4-17(21)14-19-11-9-18(10-12-19)13-16-5-7-20(8-6-16)15(2)3;1-2/h15-16H,4-14H2,1-3H3;1-2H3. The van der Waals surface area contributed by atoms with Crippen LogP contribution in [-0.4, -0.2) is 78.9 Å². The van der Waals surface area contributed by atoms with Crippen LogP contribution in [0.3, 0.4) is 0 Å². The van der Waals surface area contributed by atoms with E-state index in [0.29, 0.717) is 24.8 Å². The molecule has 0 aromatic heterocycles. The normalized spacial score (nSPS) is 22.0. The molecule has 0 N–H and O–H groups in total. The Labute approximate surface area is 144 Å². The summed E-state index contributed by atoms with van der Waals surface area (Å²) in [6.45, 7) is 19.4. The quantitative estimate of drug-likeness (QED) is 0.750. The van der Waals surface area contributed by atoms with Gasteiger partial charge in [0, 0.05) is 45.2 Å². The molecule has 0 bridgehead atoms. The first-order valence-corrected chi connectivity index (χ1v) is 9.79. The van der Waals surface area contributed by atoms with Crippen LogP contribution in [0.25, 0.3) is 0 Å². The number of rotatable bonds is 6. The number of ketones is 1. The summed E-state index contributed by atoms with van der Waals surface area (Å²) in [4.78, 5) is 19.0. The molecule has 0 unspecified atom stereocenters. The van der Waals surface area contributed by atoms with Gasteiger partial charge in [0.2, 0.25) is 0 Å². The van der Waals surface area contributed by atoms with Crippen LogP contribution in [-0.2, 0) is 4.79 Å². The minimum absolute atomic E-state index is 0.379. The maximum absolute atomic E-state index is 11.5. The predicted octanol–water partition coefficient (Wildman–Crippen LogP) is 2.73. The molecule has 2 aliphatic heterocycles. The average molecular weight is 326 g/mol. The van der Waals surface area contributed by atoms with Crippen LogP contribution in [0.2, 0.25) is 0 Å². The van der Waals surface area contributed by atoms with Gasteiger partial charge in [0.1, 0.15) is 5.78 Å². The summed E-state index contributed by atoms with van der Waals surface area (Å²) in [5.74, 6) is 1.26. The van der Waals surface area contributed by atoms with Crippen LogP contribution >= 0.6 is 0 Å². The van der Waals surface area contributed by atoms with Crippen molar-refractivity contribution in [2.24, 2.45) is 5.92 Å². The van der Waals surface area contributed by atoms with Gasteiger partial charge in [0.25, 0.3) is 0 Å². The number of hydrogen-bond donors (Lipinski definition) is 0. The lowest BCUT2D eigenvalue weighted by molar-refractivity contribution is -0.120. The van der Waals surface area contributed by atoms with Crippen molar-refractivity contribution in [2.45, 2.75) is 59.9 Å². The Morgan fingerprint density at radius 3 is 1.96 bits per heavy atom. The van der Waals surface area contributed by atoms with E-state index in [-0.39, 0.29) is 0 Å². The Balaban J connectivity index is 0.00000127. The molecule has 0 atom stereocenters. The third kappa shape index (κ3) is 7.32. The number of carbonyl (C=O) groups is 1. The van der Waals surface area contributed by atoms with Gasteiger partial charge >= 0.3 is 0 Å². The molecule has 2 fully saturated rings. The molecule has 0 radical (unpaired) electrons. The first kappa shape index (κ1) is 20.6. The highest BCUT2D eigenvalue weighted by molar-refractivity contribution is 5.80. The van der Waals surface area contributed by atoms with E-state index in [2.05, 4.69) is 28.5 Å². The highest BCUT2D eigenvalue weighted by Crippen LogP contribution is 2.20. The van der Waals surface area contributed by atoms with E-state index in [1.807, 2.05) is 20.8 Å². The molecule has 0 amide bonds. The molecule has 2 rings (SSSR count). The summed E-state index contributed by atoms with van der Waals surface area (Å²) in [6.07, 6.45) is 3.38. The van der Waals surface area contributed by atoms with Gasteiger partial charge in [-0.15, -0.1) is 0 Å². The average Bonchev–Trinajstić information content (AvgIpc) is 2.59. The molecule has 4 heteroatoms. The third-order valence-electron chi connectivity index (χ3n) is 5.16. The van der Waals surface area contributed by atoms with Gasteiger partial charge in [-0.05, 0) is 45.7 Å². The van der Waals surface area contributed by atoms with E-state index >= 15 is 0 Å². The molecule has 23 heavy (non-hydrogen) atoms. The van der Waals surface area contributed by atoms with Crippen LogP contribution in [0.4, 0.5) is 0 Å². The topological polar surface area (TPSA) is 26.8 Å². The summed E-state index contributed by atoms with van der Waals surface area (Å²) in [7, 11) is 0. The highest BCUT2D eigenvalue weighted by Gasteiger charge is 2.24. The van der Waals surface area contributed by atoms with Crippen molar-refractivity contribution in [2.75, 3.05) is 52.4 Å². The van der Waals surface area contributed by atoms with Gasteiger partial charge in [-0.2, -0.15) is 0 Å². The number of hydrogen-bond acceptors (Lipinski definition) is 4. The molecule has 2 aliphatic rings. The number of likely N-dealkylation sites (tertiary alicyclic amines) is 1. The molecule has 0 aromatic rings. The maximum atomic E-state index is 11.5. The smallest absolute Gasteiger partial charge is 0.146 e. The number of piperazine rings is 1. The second-order valence-corrected chi connectivity index (χ2v) is 7.04. The Bertz CT molecular complexity index is 317. The van der Waals surface area contributed by atoms with Gasteiger partial charge in [0.05, 0.1) is 6.54 Å². The largest absolute Gasteiger partial charge is 0.301 e. The summed E-state index contributed by atoms with van der Waals surface area (Å²) in [6, 6.07) is 0.700. The predicted molar refractivity (Wildman–Crippen MR) is 99.0 cm³/mol. The minimum Gasteiger partial charge on any atom is -0.301 e. The zero-order chi connectivity index (χ0) is 17.2. The summed E-state index contributed by atoms with van der Waals surface area (Å²) in [5.41, 5.74) is 0. The van der Waals surface area contributed by atoms with Gasteiger partial charge in [-0.1, -0.05) is 20.8 Å². The first-order valence-electron chi connectivity index (χ1n) is 9.79. The van der Waals surface area contributed by atoms with Crippen molar-refractivity contribution in [1.82, 2.24) is 14.7 Å². The van der Waals surface area contributed by atoms with Crippen LogP contribution < -0.4 is 0 Å². The summed E-state index contributed by atoms with van der Waals surface area (Å²) >= 11 is 0. The third-order valence-corrected chi connectivity index (χ3v) is 5.16. The van der Waals surface area contributed by atoms with Gasteiger partial charge in [0.15, 0.2) is 0 Å². The van der Waals surface area contributed by atoms with Crippen molar-refractivity contribution in [3.05, 3.63) is 0 Å². The van der Waals surface area contributed by atoms with Crippen LogP contribution in [0.1, 0.15) is 53.9 Å². The fourth-order valence-electron chi connectivity index (χ4n) is 3.51. The molecule has 0 aromatic carbocycles. The summed E-state index contributed by atoms with van der Waals surface area (Å²) in [5, 5.41) is 0. The maximum Gasteiger partial charge on any atom is 0.146 e. The van der Waals surface area contributed by atoms with E-state index in [9.17, 15) is 4.79 Å². The lowest BCUT2D eigenvalue weighted by Gasteiger charge is -2.39. The highest BCUT2D eigenvalue weighted by atomic mass is 16.1. The zero-order valence-corrected chi connectivity index (χ0v) is 16.2. The lowest BCUT2D eigenvalue weighted by atomic mass is 9.95. The molecule has 136 valence electrons. The number of piperidine rings is 1. The Morgan fingerprint density at radius 1 is 0.957 bits per heavy atom. The molecular formula is C19H39N3O. The SMILES string of the molecule is CC.CCC(=O)CN1CCN(CC2CCN(C(C)C)CC2)CC1. The van der Waals surface area contributed by atoms with Crippen molar-refractivity contribution < 1.29 is 4.79 Å². The fourth-order valence-corrected chi connectivity index (χ4v) is 3.51. The molecule has 0 aliphatic carbocycles. The minimum atomic E-state index is 0.379. The fraction of sp³-hybridized carbons (Fsp3) is 0.947. The second kappa shape index (κ2) is 11.2. The van der Waals surface area contributed by atoms with Gasteiger partial charge < -0.3 is 9.80 Å². The molecule has 2 saturated heterocycles. The van der Waals surface area contributed by atoms with E-state index in [1.54, 1.807) is 0 Å². The van der Waals surface area contributed by atoms with Crippen molar-refractivity contribution in [3.8, 4) is 0 Å². The molecule has 2 heterocycles. The number of Topliss-reactive ketones (excluding diaryl/α,β-unsaturated/α-hetero) is 1. The first-order chi connectivity index (χ1) is 11.1.